The molecule has 1 atom stereocenters. The fourth-order valence-electron chi connectivity index (χ4n) is 2.70. The minimum atomic E-state index is -4.56. The summed E-state index contributed by atoms with van der Waals surface area (Å²) in [4.78, 5) is 12.3. The maximum atomic E-state index is 13.0. The molecule has 0 saturated carbocycles. The molecule has 11 heteroatoms. The number of rotatable bonds is 6. The van der Waals surface area contributed by atoms with Gasteiger partial charge in [-0.05, 0) is 19.1 Å². The van der Waals surface area contributed by atoms with Crippen LogP contribution in [-0.4, -0.2) is 33.4 Å². The molecule has 0 spiro atoms. The first-order valence-corrected chi connectivity index (χ1v) is 9.73. The summed E-state index contributed by atoms with van der Waals surface area (Å²) in [5.74, 6) is 0.266. The van der Waals surface area contributed by atoms with Crippen LogP contribution in [0.4, 0.5) is 13.2 Å². The number of fused-ring (bicyclic) bond motifs is 1. The Morgan fingerprint density at radius 2 is 2.07 bits per heavy atom. The lowest BCUT2D eigenvalue weighted by Gasteiger charge is -2.17. The van der Waals surface area contributed by atoms with E-state index >= 15 is 0 Å². The summed E-state index contributed by atoms with van der Waals surface area (Å²) in [6.45, 7) is 1.81. The Balaban J connectivity index is 1.72. The highest BCUT2D eigenvalue weighted by Gasteiger charge is 2.32. The summed E-state index contributed by atoms with van der Waals surface area (Å²) in [6.07, 6.45) is -3.70. The van der Waals surface area contributed by atoms with Crippen LogP contribution in [0.15, 0.2) is 41.7 Å². The number of amides is 1. The molecule has 3 rings (SSSR count). The zero-order valence-corrected chi connectivity index (χ0v) is 16.9. The van der Waals surface area contributed by atoms with Gasteiger partial charge in [0.15, 0.2) is 10.8 Å². The summed E-state index contributed by atoms with van der Waals surface area (Å²) in [6, 6.07) is 7.76. The second kappa shape index (κ2) is 8.50. The number of para-hydroxylation sites is 1. The van der Waals surface area contributed by atoms with E-state index < -0.39 is 11.7 Å². The highest BCUT2D eigenvalue weighted by Crippen LogP contribution is 2.33. The Hall–Kier alpha value is -2.46. The molecule has 0 aliphatic heterocycles. The molecule has 0 bridgehead atoms. The van der Waals surface area contributed by atoms with Crippen molar-refractivity contribution in [1.29, 1.82) is 0 Å². The van der Waals surface area contributed by atoms with Gasteiger partial charge in [-0.3, -0.25) is 9.20 Å². The van der Waals surface area contributed by atoms with Crippen LogP contribution in [0.1, 0.15) is 24.1 Å². The number of alkyl halides is 3. The van der Waals surface area contributed by atoms with Crippen LogP contribution in [-0.2, 0) is 11.0 Å². The maximum Gasteiger partial charge on any atom is 0.417 e. The topological polar surface area (TPSA) is 68.5 Å². The molecule has 2 aromatic heterocycles. The van der Waals surface area contributed by atoms with E-state index in [0.717, 1.165) is 34.0 Å². The lowest BCUT2D eigenvalue weighted by atomic mass is 10.1. The summed E-state index contributed by atoms with van der Waals surface area (Å²) in [7, 11) is 1.54. The Morgan fingerprint density at radius 3 is 2.76 bits per heavy atom. The Morgan fingerprint density at radius 1 is 1.34 bits per heavy atom. The van der Waals surface area contributed by atoms with Crippen molar-refractivity contribution < 1.29 is 22.7 Å². The molecule has 0 aliphatic rings. The number of thioether (sulfide) groups is 1. The number of carbonyl (C=O) groups is 1. The molecule has 29 heavy (non-hydrogen) atoms. The molecule has 154 valence electrons. The lowest BCUT2D eigenvalue weighted by Crippen LogP contribution is -2.28. The van der Waals surface area contributed by atoms with Crippen molar-refractivity contribution in [2.75, 3.05) is 12.9 Å². The van der Waals surface area contributed by atoms with E-state index in [0.29, 0.717) is 5.75 Å². The Bertz CT molecular complexity index is 1040. The summed E-state index contributed by atoms with van der Waals surface area (Å²) >= 11 is 6.85. The van der Waals surface area contributed by atoms with Crippen molar-refractivity contribution in [3.63, 3.8) is 0 Å². The molecule has 1 amide bonds. The van der Waals surface area contributed by atoms with E-state index in [1.807, 2.05) is 25.1 Å². The number of methoxy groups -OCH3 is 1. The zero-order valence-electron chi connectivity index (χ0n) is 15.3. The molecule has 0 radical (unpaired) electrons. The van der Waals surface area contributed by atoms with E-state index in [2.05, 4.69) is 15.5 Å². The van der Waals surface area contributed by atoms with Gasteiger partial charge >= 0.3 is 6.18 Å². The van der Waals surface area contributed by atoms with Crippen LogP contribution in [0.2, 0.25) is 5.02 Å². The molecule has 1 aromatic carbocycles. The van der Waals surface area contributed by atoms with E-state index in [-0.39, 0.29) is 33.5 Å². The number of carbonyl (C=O) groups excluding carboxylic acids is 1. The third kappa shape index (κ3) is 4.76. The van der Waals surface area contributed by atoms with Gasteiger partial charge in [0.2, 0.25) is 5.91 Å². The number of ether oxygens (including phenoxy) is 1. The van der Waals surface area contributed by atoms with E-state index in [9.17, 15) is 18.0 Å². The van der Waals surface area contributed by atoms with Gasteiger partial charge in [-0.15, -0.1) is 10.2 Å². The van der Waals surface area contributed by atoms with E-state index in [4.69, 9.17) is 16.3 Å². The molecular weight excluding hydrogens is 429 g/mol. The van der Waals surface area contributed by atoms with Gasteiger partial charge in [0.1, 0.15) is 5.75 Å². The number of nitrogens with one attached hydrogen (secondary N) is 1. The molecule has 0 fully saturated rings. The van der Waals surface area contributed by atoms with Gasteiger partial charge in [0.05, 0.1) is 29.5 Å². The minimum Gasteiger partial charge on any atom is -0.496 e. The number of pyridine rings is 1. The first kappa shape index (κ1) is 21.3. The largest absolute Gasteiger partial charge is 0.496 e. The average Bonchev–Trinajstić information content (AvgIpc) is 3.09. The van der Waals surface area contributed by atoms with Gasteiger partial charge in [-0.2, -0.15) is 13.2 Å². The fraction of sp³-hybridized carbons (Fsp3) is 0.278. The number of halogens is 4. The lowest BCUT2D eigenvalue weighted by molar-refractivity contribution is -0.137. The summed E-state index contributed by atoms with van der Waals surface area (Å²) < 4.78 is 45.5. The highest BCUT2D eigenvalue weighted by atomic mass is 35.5. The standard InChI is InChI=1S/C18H16ClF3N4O2S/c1-10(12-5-3-4-6-14(12)28-2)23-15(27)9-29-17-25-24-16-13(19)7-11(8-26(16)17)18(20,21)22/h3-8,10H,9H2,1-2H3,(H,23,27). The predicted octanol–water partition coefficient (Wildman–Crippen LogP) is 4.38. The van der Waals surface area contributed by atoms with Crippen molar-refractivity contribution in [2.45, 2.75) is 24.3 Å². The zero-order chi connectivity index (χ0) is 21.2. The molecule has 6 nitrogen and oxygen atoms in total. The normalized spacial score (nSPS) is 12.8. The Kier molecular flexibility index (Phi) is 6.23. The van der Waals surface area contributed by atoms with E-state index in [1.54, 1.807) is 13.2 Å². The SMILES string of the molecule is COc1ccccc1C(C)NC(=O)CSc1nnc2c(Cl)cc(C(F)(F)F)cn12. The molecule has 2 heterocycles. The molecule has 3 aromatic rings. The number of benzene rings is 1. The highest BCUT2D eigenvalue weighted by molar-refractivity contribution is 7.99. The first-order valence-electron chi connectivity index (χ1n) is 8.37. The maximum absolute atomic E-state index is 13.0. The average molecular weight is 445 g/mol. The predicted molar refractivity (Wildman–Crippen MR) is 103 cm³/mol. The molecule has 0 saturated heterocycles. The van der Waals surface area contributed by atoms with Gasteiger partial charge in [0.25, 0.3) is 0 Å². The molecule has 1 N–H and O–H groups in total. The summed E-state index contributed by atoms with van der Waals surface area (Å²) in [5, 5.41) is 10.4. The fourth-order valence-corrected chi connectivity index (χ4v) is 3.67. The van der Waals surface area contributed by atoms with Crippen molar-refractivity contribution in [3.05, 3.63) is 52.7 Å². The van der Waals surface area contributed by atoms with Crippen LogP contribution >= 0.6 is 23.4 Å². The number of aromatic nitrogens is 3. The molecule has 0 aliphatic carbocycles. The third-order valence-corrected chi connectivity index (χ3v) is 5.29. The Labute approximate surface area is 173 Å². The van der Waals surface area contributed by atoms with Gasteiger partial charge in [0, 0.05) is 11.8 Å². The second-order valence-electron chi connectivity index (χ2n) is 6.07. The monoisotopic (exact) mass is 444 g/mol. The van der Waals surface area contributed by atoms with Crippen molar-refractivity contribution in [1.82, 2.24) is 19.9 Å². The van der Waals surface area contributed by atoms with E-state index in [1.165, 1.54) is 0 Å². The third-order valence-electron chi connectivity index (χ3n) is 4.07. The smallest absolute Gasteiger partial charge is 0.417 e. The van der Waals surface area contributed by atoms with Crippen LogP contribution < -0.4 is 10.1 Å². The molecular formula is C18H16ClF3N4O2S. The number of hydrogen-bond acceptors (Lipinski definition) is 5. The van der Waals surface area contributed by atoms with Crippen LogP contribution in [0.25, 0.3) is 5.65 Å². The van der Waals surface area contributed by atoms with Crippen LogP contribution in [0.3, 0.4) is 0 Å². The molecule has 1 unspecified atom stereocenters. The number of hydrogen-bond donors (Lipinski definition) is 1. The van der Waals surface area contributed by atoms with Gasteiger partial charge in [-0.1, -0.05) is 41.6 Å². The quantitative estimate of drug-likeness (QED) is 0.571. The van der Waals surface area contributed by atoms with Crippen LogP contribution in [0, 0.1) is 0 Å². The number of nitrogens with zero attached hydrogens (tertiary/aromatic N) is 3. The van der Waals surface area contributed by atoms with Crippen molar-refractivity contribution in [2.24, 2.45) is 0 Å². The van der Waals surface area contributed by atoms with Crippen molar-refractivity contribution in [3.8, 4) is 5.75 Å². The second-order valence-corrected chi connectivity index (χ2v) is 7.42. The summed E-state index contributed by atoms with van der Waals surface area (Å²) in [5.41, 5.74) is -0.0289. The van der Waals surface area contributed by atoms with Gasteiger partial charge in [-0.25, -0.2) is 0 Å². The van der Waals surface area contributed by atoms with Gasteiger partial charge < -0.3 is 10.1 Å². The minimum absolute atomic E-state index is 0.0614. The van der Waals surface area contributed by atoms with Crippen LogP contribution in [0.5, 0.6) is 5.75 Å². The van der Waals surface area contributed by atoms with Crippen molar-refractivity contribution >= 4 is 34.9 Å². The first-order chi connectivity index (χ1) is 13.7.